The van der Waals surface area contributed by atoms with Gasteiger partial charge in [0.15, 0.2) is 5.69 Å². The zero-order chi connectivity index (χ0) is 21.8. The van der Waals surface area contributed by atoms with Crippen LogP contribution in [0.5, 0.6) is 0 Å². The molecule has 9 heteroatoms. The molecule has 1 unspecified atom stereocenters. The highest BCUT2D eigenvalue weighted by Gasteiger charge is 2.44. The number of nitrogens with one attached hydrogen (secondary N) is 1. The Kier molecular flexibility index (Phi) is 4.67. The molecule has 1 atom stereocenters. The fraction of sp³-hybridized carbons (Fsp3) is 0.619. The molecule has 162 valence electrons. The number of aromatic amines is 1. The van der Waals surface area contributed by atoms with Crippen LogP contribution in [0.2, 0.25) is 0 Å². The number of carbonyl (C=O) groups excluding carboxylic acids is 2. The van der Waals surface area contributed by atoms with Crippen LogP contribution >= 0.6 is 0 Å². The molecule has 0 saturated carbocycles. The molecule has 2 aromatic rings. The second-order valence-corrected chi connectivity index (χ2v) is 10.0. The number of ether oxygens (including phenoxy) is 1. The maximum Gasteiger partial charge on any atom is 0.410 e. The van der Waals surface area contributed by atoms with Gasteiger partial charge >= 0.3 is 6.09 Å². The summed E-state index contributed by atoms with van der Waals surface area (Å²) in [4.78, 5) is 29.2. The molecule has 0 radical (unpaired) electrons. The molecule has 1 saturated heterocycles. The van der Waals surface area contributed by atoms with E-state index in [9.17, 15) is 9.59 Å². The van der Waals surface area contributed by atoms with Gasteiger partial charge in [0.1, 0.15) is 5.60 Å². The number of aromatic nitrogens is 4. The first-order valence-electron chi connectivity index (χ1n) is 10.3. The summed E-state index contributed by atoms with van der Waals surface area (Å²) in [5, 5.41) is 11.5. The van der Waals surface area contributed by atoms with Crippen LogP contribution in [-0.4, -0.2) is 60.5 Å². The van der Waals surface area contributed by atoms with Gasteiger partial charge in [-0.1, -0.05) is 13.8 Å². The van der Waals surface area contributed by atoms with Crippen molar-refractivity contribution in [3.63, 3.8) is 0 Å². The van der Waals surface area contributed by atoms with Gasteiger partial charge in [-0.15, -0.1) is 0 Å². The van der Waals surface area contributed by atoms with Gasteiger partial charge in [0.25, 0.3) is 5.91 Å². The van der Waals surface area contributed by atoms with Crippen molar-refractivity contribution < 1.29 is 14.3 Å². The van der Waals surface area contributed by atoms with E-state index in [1.807, 2.05) is 45.1 Å². The van der Waals surface area contributed by atoms with Crippen LogP contribution in [0.15, 0.2) is 12.4 Å². The van der Waals surface area contributed by atoms with E-state index in [1.54, 1.807) is 9.58 Å². The topological polar surface area (TPSA) is 96.4 Å². The summed E-state index contributed by atoms with van der Waals surface area (Å²) in [5.74, 6) is 0.110. The number of fused-ring (bicyclic) bond motifs is 1. The number of aryl methyl sites for hydroxylation is 1. The van der Waals surface area contributed by atoms with E-state index >= 15 is 0 Å². The van der Waals surface area contributed by atoms with Gasteiger partial charge in [-0.05, 0) is 31.7 Å². The summed E-state index contributed by atoms with van der Waals surface area (Å²) in [5.41, 5.74) is 2.49. The third-order valence-electron chi connectivity index (χ3n) is 5.86. The lowest BCUT2D eigenvalue weighted by Crippen LogP contribution is -2.34. The van der Waals surface area contributed by atoms with Crippen molar-refractivity contribution in [2.75, 3.05) is 13.1 Å². The smallest absolute Gasteiger partial charge is 0.410 e. The second kappa shape index (κ2) is 6.85. The van der Waals surface area contributed by atoms with E-state index in [-0.39, 0.29) is 23.3 Å². The fourth-order valence-electron chi connectivity index (χ4n) is 4.39. The summed E-state index contributed by atoms with van der Waals surface area (Å²) >= 11 is 0. The Balaban J connectivity index is 1.50. The molecule has 2 aliphatic rings. The SMILES string of the molecule is Cn1cc(C2CN(C(=O)c3n[nH]c4c3CN(C(=O)OC(C)(C)C)C4)CC2(C)C)cn1. The summed E-state index contributed by atoms with van der Waals surface area (Å²) in [6.07, 6.45) is 3.51. The Morgan fingerprint density at radius 3 is 2.60 bits per heavy atom. The third-order valence-corrected chi connectivity index (χ3v) is 5.86. The maximum atomic E-state index is 13.3. The van der Waals surface area contributed by atoms with Crippen molar-refractivity contribution in [3.8, 4) is 0 Å². The monoisotopic (exact) mass is 414 g/mol. The molecular formula is C21H30N6O3. The van der Waals surface area contributed by atoms with Gasteiger partial charge in [0, 0.05) is 37.8 Å². The molecule has 1 N–H and O–H groups in total. The average molecular weight is 415 g/mol. The van der Waals surface area contributed by atoms with E-state index in [2.05, 4.69) is 29.1 Å². The lowest BCUT2D eigenvalue weighted by atomic mass is 9.79. The lowest BCUT2D eigenvalue weighted by Gasteiger charge is -2.24. The predicted molar refractivity (Wildman–Crippen MR) is 110 cm³/mol. The molecule has 2 aromatic heterocycles. The zero-order valence-corrected chi connectivity index (χ0v) is 18.5. The van der Waals surface area contributed by atoms with Crippen molar-refractivity contribution >= 4 is 12.0 Å². The molecule has 30 heavy (non-hydrogen) atoms. The van der Waals surface area contributed by atoms with Gasteiger partial charge < -0.3 is 9.64 Å². The van der Waals surface area contributed by atoms with E-state index in [1.165, 1.54) is 0 Å². The average Bonchev–Trinajstić information content (AvgIpc) is 3.34. The highest BCUT2D eigenvalue weighted by atomic mass is 16.6. The van der Waals surface area contributed by atoms with E-state index in [4.69, 9.17) is 4.74 Å². The minimum absolute atomic E-state index is 0.0687. The first-order valence-corrected chi connectivity index (χ1v) is 10.3. The summed E-state index contributed by atoms with van der Waals surface area (Å²) in [7, 11) is 1.90. The van der Waals surface area contributed by atoms with E-state index in [0.29, 0.717) is 31.9 Å². The van der Waals surface area contributed by atoms with Crippen LogP contribution < -0.4 is 0 Å². The predicted octanol–water partition coefficient (Wildman–Crippen LogP) is 2.66. The number of amides is 2. The van der Waals surface area contributed by atoms with Gasteiger partial charge in [0.2, 0.25) is 0 Å². The molecule has 0 aliphatic carbocycles. The Morgan fingerprint density at radius 1 is 1.23 bits per heavy atom. The van der Waals surface area contributed by atoms with E-state index < -0.39 is 5.60 Å². The van der Waals surface area contributed by atoms with Crippen molar-refractivity contribution in [2.24, 2.45) is 12.5 Å². The van der Waals surface area contributed by atoms with Crippen molar-refractivity contribution in [2.45, 2.75) is 59.2 Å². The van der Waals surface area contributed by atoms with Crippen LogP contribution in [-0.2, 0) is 24.9 Å². The van der Waals surface area contributed by atoms with Crippen LogP contribution in [0.3, 0.4) is 0 Å². The number of likely N-dealkylation sites (tertiary alicyclic amines) is 1. The van der Waals surface area contributed by atoms with Gasteiger partial charge in [-0.25, -0.2) is 4.79 Å². The molecule has 4 heterocycles. The largest absolute Gasteiger partial charge is 0.444 e. The second-order valence-electron chi connectivity index (χ2n) is 10.0. The summed E-state index contributed by atoms with van der Waals surface area (Å²) in [6.45, 7) is 11.8. The normalized spacial score (nSPS) is 20.5. The first-order chi connectivity index (χ1) is 13.9. The lowest BCUT2D eigenvalue weighted by molar-refractivity contribution is 0.0238. The minimum Gasteiger partial charge on any atom is -0.444 e. The number of H-pyrrole nitrogens is 1. The Morgan fingerprint density at radius 2 is 1.97 bits per heavy atom. The van der Waals surface area contributed by atoms with Gasteiger partial charge in [-0.2, -0.15) is 10.2 Å². The van der Waals surface area contributed by atoms with Crippen molar-refractivity contribution in [3.05, 3.63) is 34.9 Å². The van der Waals surface area contributed by atoms with Gasteiger partial charge in [-0.3, -0.25) is 19.5 Å². The number of hydrogen-bond donors (Lipinski definition) is 1. The van der Waals surface area contributed by atoms with Gasteiger partial charge in [0.05, 0.1) is 25.0 Å². The maximum absolute atomic E-state index is 13.3. The standard InChI is InChI=1S/C21H30N6O3/c1-20(2,3)30-19(29)26-9-14-16(11-26)23-24-17(14)18(28)27-10-15(21(4,5)12-27)13-7-22-25(6)8-13/h7-8,15H,9-12H2,1-6H3,(H,23,24). The summed E-state index contributed by atoms with van der Waals surface area (Å²) < 4.78 is 7.26. The molecule has 9 nitrogen and oxygen atoms in total. The van der Waals surface area contributed by atoms with Crippen LogP contribution in [0.4, 0.5) is 4.79 Å². The molecule has 0 spiro atoms. The molecule has 0 bridgehead atoms. The van der Waals surface area contributed by atoms with Crippen LogP contribution in [0, 0.1) is 5.41 Å². The Bertz CT molecular complexity index is 983. The van der Waals surface area contributed by atoms with Crippen molar-refractivity contribution in [1.29, 1.82) is 0 Å². The fourth-order valence-corrected chi connectivity index (χ4v) is 4.39. The highest BCUT2D eigenvalue weighted by Crippen LogP contribution is 2.42. The highest BCUT2D eigenvalue weighted by molar-refractivity contribution is 5.94. The molecule has 2 aliphatic heterocycles. The van der Waals surface area contributed by atoms with Crippen molar-refractivity contribution in [1.82, 2.24) is 29.8 Å². The zero-order valence-electron chi connectivity index (χ0n) is 18.5. The quantitative estimate of drug-likeness (QED) is 0.815. The summed E-state index contributed by atoms with van der Waals surface area (Å²) in [6, 6.07) is 0. The third kappa shape index (κ3) is 3.68. The number of nitrogens with zero attached hydrogens (tertiary/aromatic N) is 5. The molecule has 0 aromatic carbocycles. The minimum atomic E-state index is -0.563. The number of hydrogen-bond acceptors (Lipinski definition) is 5. The molecule has 2 amide bonds. The Labute approximate surface area is 176 Å². The number of rotatable bonds is 2. The molecule has 4 rings (SSSR count). The first kappa shape index (κ1) is 20.4. The Hall–Kier alpha value is -2.84. The molecular weight excluding hydrogens is 384 g/mol. The number of carbonyl (C=O) groups is 2. The molecule has 1 fully saturated rings. The van der Waals surface area contributed by atoms with Crippen LogP contribution in [0.25, 0.3) is 0 Å². The van der Waals surface area contributed by atoms with Crippen LogP contribution in [0.1, 0.15) is 67.8 Å². The van der Waals surface area contributed by atoms with E-state index in [0.717, 1.165) is 16.8 Å².